The molecule has 0 fully saturated rings. The Morgan fingerprint density at radius 1 is 1.41 bits per heavy atom. The first-order chi connectivity index (χ1) is 10.6. The highest BCUT2D eigenvalue weighted by Gasteiger charge is 2.08. The largest absolute Gasteiger partial charge is 0.350 e. The number of fused-ring (bicyclic) bond motifs is 1. The molecule has 0 aliphatic heterocycles. The molecule has 0 saturated carbocycles. The molecule has 3 heterocycles. The lowest BCUT2D eigenvalue weighted by Gasteiger charge is -2.05. The van der Waals surface area contributed by atoms with Crippen molar-refractivity contribution in [2.24, 2.45) is 0 Å². The first-order valence-electron chi connectivity index (χ1n) is 6.74. The van der Waals surface area contributed by atoms with Gasteiger partial charge in [0.15, 0.2) is 0 Å². The monoisotopic (exact) mass is 334 g/mol. The second kappa shape index (κ2) is 6.37. The Morgan fingerprint density at radius 3 is 3.05 bits per heavy atom. The van der Waals surface area contributed by atoms with E-state index >= 15 is 0 Å². The molecule has 6 nitrogen and oxygen atoms in total. The number of nitrogens with one attached hydrogen (secondary N) is 1. The minimum Gasteiger partial charge on any atom is -0.350 e. The van der Waals surface area contributed by atoms with Crippen LogP contribution in [0.15, 0.2) is 27.9 Å². The summed E-state index contributed by atoms with van der Waals surface area (Å²) >= 11 is 2.95. The molecule has 0 radical (unpaired) electrons. The van der Waals surface area contributed by atoms with Crippen molar-refractivity contribution in [2.45, 2.75) is 26.4 Å². The number of amides is 1. The van der Waals surface area contributed by atoms with Gasteiger partial charge in [0.05, 0.1) is 18.3 Å². The number of nitrogens with zero attached hydrogens (tertiary/aromatic N) is 3. The highest BCUT2D eigenvalue weighted by atomic mass is 32.1. The number of carbonyl (C=O) groups excluding carboxylic acids is 1. The second-order valence-corrected chi connectivity index (χ2v) is 6.63. The van der Waals surface area contributed by atoms with Crippen LogP contribution in [-0.4, -0.2) is 20.4 Å². The van der Waals surface area contributed by atoms with Crippen LogP contribution in [0.5, 0.6) is 0 Å². The molecule has 3 aromatic heterocycles. The number of thiophene rings is 1. The molecule has 3 aromatic rings. The minimum atomic E-state index is -0.106. The van der Waals surface area contributed by atoms with E-state index in [-0.39, 0.29) is 17.9 Å². The predicted molar refractivity (Wildman–Crippen MR) is 87.2 cm³/mol. The van der Waals surface area contributed by atoms with Crippen molar-refractivity contribution in [2.75, 3.05) is 0 Å². The van der Waals surface area contributed by atoms with Crippen LogP contribution in [0.4, 0.5) is 0 Å². The highest BCUT2D eigenvalue weighted by Crippen LogP contribution is 2.13. The zero-order valence-corrected chi connectivity index (χ0v) is 13.5. The minimum absolute atomic E-state index is 0.102. The first-order valence-corrected chi connectivity index (χ1v) is 8.50. The summed E-state index contributed by atoms with van der Waals surface area (Å²) in [5.41, 5.74) is 0.852. The van der Waals surface area contributed by atoms with E-state index < -0.39 is 0 Å². The van der Waals surface area contributed by atoms with Crippen molar-refractivity contribution >= 4 is 38.8 Å². The number of aryl methyl sites for hydroxylation is 2. The average molecular weight is 334 g/mol. The van der Waals surface area contributed by atoms with Gasteiger partial charge in [-0.2, -0.15) is 0 Å². The van der Waals surface area contributed by atoms with Gasteiger partial charge in [0.1, 0.15) is 9.84 Å². The third-order valence-corrected chi connectivity index (χ3v) is 4.92. The Balaban J connectivity index is 1.58. The van der Waals surface area contributed by atoms with E-state index in [2.05, 4.69) is 15.3 Å². The van der Waals surface area contributed by atoms with E-state index in [0.29, 0.717) is 18.5 Å². The van der Waals surface area contributed by atoms with Crippen LogP contribution in [-0.2, 0) is 17.9 Å². The van der Waals surface area contributed by atoms with Gasteiger partial charge in [0, 0.05) is 24.0 Å². The van der Waals surface area contributed by atoms with Crippen LogP contribution >= 0.6 is 22.7 Å². The van der Waals surface area contributed by atoms with Crippen LogP contribution in [0, 0.1) is 6.92 Å². The zero-order chi connectivity index (χ0) is 15.5. The maximum absolute atomic E-state index is 12.2. The molecule has 0 aliphatic carbocycles. The number of carbonyl (C=O) groups is 1. The van der Waals surface area contributed by atoms with E-state index in [1.165, 1.54) is 33.6 Å². The molecule has 8 heteroatoms. The Bertz CT molecular complexity index is 865. The van der Waals surface area contributed by atoms with Gasteiger partial charge < -0.3 is 5.32 Å². The molecule has 1 amide bonds. The number of rotatable bonds is 5. The van der Waals surface area contributed by atoms with Crippen LogP contribution < -0.4 is 10.9 Å². The Kier molecular flexibility index (Phi) is 4.30. The van der Waals surface area contributed by atoms with Gasteiger partial charge in [0.25, 0.3) is 5.56 Å². The highest BCUT2D eigenvalue weighted by molar-refractivity contribution is 7.16. The zero-order valence-electron chi connectivity index (χ0n) is 11.9. The third-order valence-electron chi connectivity index (χ3n) is 3.13. The number of aromatic nitrogens is 3. The Hall–Kier alpha value is -2.06. The van der Waals surface area contributed by atoms with E-state index in [4.69, 9.17) is 0 Å². The van der Waals surface area contributed by atoms with Crippen molar-refractivity contribution in [1.29, 1.82) is 0 Å². The molecule has 22 heavy (non-hydrogen) atoms. The normalized spacial score (nSPS) is 11.0. The maximum atomic E-state index is 12.2. The molecule has 114 valence electrons. The number of hydrogen-bond donors (Lipinski definition) is 1. The molecule has 0 atom stereocenters. The fourth-order valence-electron chi connectivity index (χ4n) is 2.02. The lowest BCUT2D eigenvalue weighted by Crippen LogP contribution is -2.27. The van der Waals surface area contributed by atoms with Gasteiger partial charge in [-0.15, -0.1) is 22.7 Å². The van der Waals surface area contributed by atoms with Crippen LogP contribution in [0.1, 0.15) is 17.1 Å². The Morgan fingerprint density at radius 2 is 2.27 bits per heavy atom. The van der Waals surface area contributed by atoms with Crippen molar-refractivity contribution in [3.05, 3.63) is 44.2 Å². The van der Waals surface area contributed by atoms with Gasteiger partial charge in [0.2, 0.25) is 5.91 Å². The molecule has 0 aromatic carbocycles. The lowest BCUT2D eigenvalue weighted by atomic mass is 10.3. The fourth-order valence-corrected chi connectivity index (χ4v) is 3.46. The SMILES string of the molecule is Cc1csc(CNC(=O)CCn2cnc3sccc3c2=O)n1. The third kappa shape index (κ3) is 3.23. The van der Waals surface area contributed by atoms with Crippen LogP contribution in [0.3, 0.4) is 0 Å². The fraction of sp³-hybridized carbons (Fsp3) is 0.286. The smallest absolute Gasteiger partial charge is 0.262 e. The summed E-state index contributed by atoms with van der Waals surface area (Å²) in [6, 6.07) is 1.76. The molecule has 0 aliphatic rings. The molecule has 0 spiro atoms. The summed E-state index contributed by atoms with van der Waals surface area (Å²) in [6.45, 7) is 2.66. The van der Waals surface area contributed by atoms with Crippen molar-refractivity contribution < 1.29 is 4.79 Å². The van der Waals surface area contributed by atoms with Crippen molar-refractivity contribution in [3.63, 3.8) is 0 Å². The maximum Gasteiger partial charge on any atom is 0.262 e. The quantitative estimate of drug-likeness (QED) is 0.773. The lowest BCUT2D eigenvalue weighted by molar-refractivity contribution is -0.121. The van der Waals surface area contributed by atoms with Crippen LogP contribution in [0.25, 0.3) is 10.2 Å². The molecule has 0 saturated heterocycles. The summed E-state index contributed by atoms with van der Waals surface area (Å²) in [4.78, 5) is 33.3. The summed E-state index contributed by atoms with van der Waals surface area (Å²) in [5.74, 6) is -0.106. The topological polar surface area (TPSA) is 76.9 Å². The van der Waals surface area contributed by atoms with Crippen LogP contribution in [0.2, 0.25) is 0 Å². The van der Waals surface area contributed by atoms with E-state index in [1.54, 1.807) is 6.07 Å². The van der Waals surface area contributed by atoms with Gasteiger partial charge in [-0.3, -0.25) is 14.2 Å². The van der Waals surface area contributed by atoms with E-state index in [0.717, 1.165) is 15.5 Å². The average Bonchev–Trinajstić information content (AvgIpc) is 3.13. The summed E-state index contributed by atoms with van der Waals surface area (Å²) < 4.78 is 1.47. The van der Waals surface area contributed by atoms with Gasteiger partial charge in [-0.1, -0.05) is 0 Å². The number of hydrogen-bond acceptors (Lipinski definition) is 6. The predicted octanol–water partition coefficient (Wildman–Crippen LogP) is 1.93. The molecule has 3 rings (SSSR count). The molecule has 0 bridgehead atoms. The Labute approximate surface area is 134 Å². The first kappa shape index (κ1) is 14.9. The molecule has 0 unspecified atom stereocenters. The summed E-state index contributed by atoms with van der Waals surface area (Å²) in [5, 5.41) is 8.08. The van der Waals surface area contributed by atoms with Gasteiger partial charge in [-0.25, -0.2) is 9.97 Å². The van der Waals surface area contributed by atoms with Crippen molar-refractivity contribution in [1.82, 2.24) is 19.9 Å². The van der Waals surface area contributed by atoms with Gasteiger partial charge >= 0.3 is 0 Å². The second-order valence-electron chi connectivity index (χ2n) is 4.79. The van der Waals surface area contributed by atoms with E-state index in [9.17, 15) is 9.59 Å². The molecular weight excluding hydrogens is 320 g/mol. The summed E-state index contributed by atoms with van der Waals surface area (Å²) in [7, 11) is 0. The standard InChI is InChI=1S/C14H14N4O2S2/c1-9-7-22-12(17-9)6-15-11(19)2-4-18-8-16-13-10(14(18)20)3-5-21-13/h3,5,7-8H,2,4,6H2,1H3,(H,15,19). The van der Waals surface area contributed by atoms with Gasteiger partial charge in [-0.05, 0) is 18.4 Å². The van der Waals surface area contributed by atoms with Crippen molar-refractivity contribution in [3.8, 4) is 0 Å². The summed E-state index contributed by atoms with van der Waals surface area (Å²) in [6.07, 6.45) is 1.74. The number of thiazole rings is 1. The molecular formula is C14H14N4O2S2. The molecule has 1 N–H and O–H groups in total. The van der Waals surface area contributed by atoms with E-state index in [1.807, 2.05) is 17.7 Å².